The van der Waals surface area contributed by atoms with Gasteiger partial charge in [-0.15, -0.1) is 0 Å². The predicted octanol–water partition coefficient (Wildman–Crippen LogP) is 3.13. The highest BCUT2D eigenvalue weighted by atomic mass is 16.5. The number of rotatable bonds is 5. The van der Waals surface area contributed by atoms with Crippen LogP contribution in [0.2, 0.25) is 0 Å². The average Bonchev–Trinajstić information content (AvgIpc) is 2.45. The first-order chi connectivity index (χ1) is 9.97. The van der Waals surface area contributed by atoms with E-state index < -0.39 is 0 Å². The van der Waals surface area contributed by atoms with Crippen LogP contribution >= 0.6 is 0 Å². The topological polar surface area (TPSA) is 51.3 Å². The first kappa shape index (κ1) is 15.2. The lowest BCUT2D eigenvalue weighted by atomic mass is 9.87. The van der Waals surface area contributed by atoms with Gasteiger partial charge in [-0.3, -0.25) is 4.79 Å². The van der Waals surface area contributed by atoms with E-state index in [1.165, 1.54) is 5.56 Å². The molecule has 1 heterocycles. The monoisotopic (exact) mass is 287 g/mol. The van der Waals surface area contributed by atoms with Crippen molar-refractivity contribution in [3.05, 3.63) is 58.5 Å². The minimum Gasteiger partial charge on any atom is -0.490 e. The first-order valence-corrected chi connectivity index (χ1v) is 7.01. The number of hydrogen-bond donors (Lipinski definition) is 1. The van der Waals surface area contributed by atoms with Crippen LogP contribution in [0.4, 0.5) is 0 Å². The van der Waals surface area contributed by atoms with Crippen molar-refractivity contribution >= 4 is 0 Å². The van der Waals surface area contributed by atoms with Crippen molar-refractivity contribution in [2.45, 2.75) is 26.2 Å². The van der Waals surface area contributed by atoms with Gasteiger partial charge in [0.2, 0.25) is 0 Å². The quantitative estimate of drug-likeness (QED) is 0.860. The minimum absolute atomic E-state index is 0.135. The van der Waals surface area contributed by atoms with Crippen molar-refractivity contribution in [2.24, 2.45) is 0 Å². The number of hydrogen-bond acceptors (Lipinski definition) is 3. The zero-order valence-electron chi connectivity index (χ0n) is 12.7. The van der Waals surface area contributed by atoms with E-state index in [4.69, 9.17) is 9.47 Å². The summed E-state index contributed by atoms with van der Waals surface area (Å²) in [5.41, 5.74) is 1.17. The summed E-state index contributed by atoms with van der Waals surface area (Å²) in [4.78, 5) is 14.0. The molecule has 0 aliphatic rings. The van der Waals surface area contributed by atoms with E-state index in [2.05, 4.69) is 37.9 Å². The fourth-order valence-electron chi connectivity index (χ4n) is 1.88. The summed E-state index contributed by atoms with van der Waals surface area (Å²) in [7, 11) is 0. The molecule has 1 N–H and O–H groups in total. The Labute approximate surface area is 124 Å². The van der Waals surface area contributed by atoms with Gasteiger partial charge < -0.3 is 14.5 Å². The molecule has 1 aromatic heterocycles. The van der Waals surface area contributed by atoms with Gasteiger partial charge in [-0.25, -0.2) is 0 Å². The summed E-state index contributed by atoms with van der Waals surface area (Å²) in [6, 6.07) is 11.4. The van der Waals surface area contributed by atoms with Gasteiger partial charge in [0.05, 0.1) is 0 Å². The number of nitrogens with one attached hydrogen (secondary N) is 1. The fourth-order valence-corrected chi connectivity index (χ4v) is 1.88. The molecule has 0 saturated heterocycles. The molecular formula is C17H21NO3. The van der Waals surface area contributed by atoms with Gasteiger partial charge in [0, 0.05) is 6.20 Å². The van der Waals surface area contributed by atoms with Crippen LogP contribution in [0.15, 0.2) is 47.4 Å². The number of H-pyrrole nitrogens is 1. The van der Waals surface area contributed by atoms with Crippen molar-refractivity contribution in [1.29, 1.82) is 0 Å². The van der Waals surface area contributed by atoms with Crippen LogP contribution in [0.5, 0.6) is 11.5 Å². The van der Waals surface area contributed by atoms with E-state index in [-0.39, 0.29) is 11.0 Å². The summed E-state index contributed by atoms with van der Waals surface area (Å²) in [6.07, 6.45) is 1.57. The SMILES string of the molecule is CC(C)(C)c1ccc(OCCOc2ccc[nH]c2=O)cc1. The van der Waals surface area contributed by atoms with E-state index in [0.29, 0.717) is 19.0 Å². The van der Waals surface area contributed by atoms with Crippen molar-refractivity contribution < 1.29 is 9.47 Å². The molecule has 0 saturated carbocycles. The number of ether oxygens (including phenoxy) is 2. The first-order valence-electron chi connectivity index (χ1n) is 7.01. The molecule has 112 valence electrons. The van der Waals surface area contributed by atoms with Crippen LogP contribution in [0.25, 0.3) is 0 Å². The van der Waals surface area contributed by atoms with Crippen molar-refractivity contribution in [3.63, 3.8) is 0 Å². The molecule has 0 radical (unpaired) electrons. The summed E-state index contributed by atoms with van der Waals surface area (Å²) < 4.78 is 11.0. The maximum atomic E-state index is 11.4. The van der Waals surface area contributed by atoms with Crippen LogP contribution < -0.4 is 15.0 Å². The lowest BCUT2D eigenvalue weighted by Crippen LogP contribution is -2.15. The Morgan fingerprint density at radius 1 is 1.00 bits per heavy atom. The summed E-state index contributed by atoms with van der Waals surface area (Å²) in [5, 5.41) is 0. The average molecular weight is 287 g/mol. The van der Waals surface area contributed by atoms with Crippen LogP contribution in [0.3, 0.4) is 0 Å². The van der Waals surface area contributed by atoms with E-state index >= 15 is 0 Å². The third kappa shape index (κ3) is 4.38. The molecule has 2 rings (SSSR count). The second-order valence-electron chi connectivity index (χ2n) is 5.83. The van der Waals surface area contributed by atoms with Gasteiger partial charge >= 0.3 is 0 Å². The summed E-state index contributed by atoms with van der Waals surface area (Å²) in [5.74, 6) is 1.11. The standard InChI is InChI=1S/C17H21NO3/c1-17(2,3)13-6-8-14(9-7-13)20-11-12-21-15-5-4-10-18-16(15)19/h4-10H,11-12H2,1-3H3,(H,18,19). The summed E-state index contributed by atoms with van der Waals surface area (Å²) >= 11 is 0. The molecule has 0 bridgehead atoms. The number of aromatic amines is 1. The molecule has 0 aliphatic heterocycles. The van der Waals surface area contributed by atoms with E-state index in [9.17, 15) is 4.79 Å². The molecule has 0 unspecified atom stereocenters. The Balaban J connectivity index is 1.81. The molecule has 1 aromatic carbocycles. The third-order valence-electron chi connectivity index (χ3n) is 3.11. The van der Waals surface area contributed by atoms with Crippen molar-refractivity contribution in [1.82, 2.24) is 4.98 Å². The highest BCUT2D eigenvalue weighted by molar-refractivity contribution is 5.31. The molecule has 2 aromatic rings. The predicted molar refractivity (Wildman–Crippen MR) is 83.2 cm³/mol. The van der Waals surface area contributed by atoms with Crippen LogP contribution in [0.1, 0.15) is 26.3 Å². The van der Waals surface area contributed by atoms with Crippen molar-refractivity contribution in [2.75, 3.05) is 13.2 Å². The molecule has 0 fully saturated rings. The second kappa shape index (κ2) is 6.48. The molecule has 4 nitrogen and oxygen atoms in total. The molecule has 0 spiro atoms. The Hall–Kier alpha value is -2.23. The Bertz CT molecular complexity index is 623. The minimum atomic E-state index is -0.230. The molecule has 0 amide bonds. The maximum Gasteiger partial charge on any atom is 0.290 e. The van der Waals surface area contributed by atoms with E-state index in [1.807, 2.05) is 12.1 Å². The van der Waals surface area contributed by atoms with E-state index in [1.54, 1.807) is 18.3 Å². The summed E-state index contributed by atoms with van der Waals surface area (Å²) in [6.45, 7) is 7.24. The van der Waals surface area contributed by atoms with Crippen LogP contribution in [-0.4, -0.2) is 18.2 Å². The molecular weight excluding hydrogens is 266 g/mol. The number of pyridine rings is 1. The van der Waals surface area contributed by atoms with Crippen LogP contribution in [-0.2, 0) is 5.41 Å². The lowest BCUT2D eigenvalue weighted by molar-refractivity contribution is 0.215. The maximum absolute atomic E-state index is 11.4. The molecule has 4 heteroatoms. The Kier molecular flexibility index (Phi) is 4.68. The van der Waals surface area contributed by atoms with Crippen LogP contribution in [0, 0.1) is 0 Å². The molecule has 0 atom stereocenters. The smallest absolute Gasteiger partial charge is 0.290 e. The number of benzene rings is 1. The Morgan fingerprint density at radius 2 is 1.67 bits per heavy atom. The third-order valence-corrected chi connectivity index (χ3v) is 3.11. The Morgan fingerprint density at radius 3 is 2.29 bits per heavy atom. The molecule has 0 aliphatic carbocycles. The zero-order valence-corrected chi connectivity index (χ0v) is 12.7. The highest BCUT2D eigenvalue weighted by Gasteiger charge is 2.12. The molecule has 21 heavy (non-hydrogen) atoms. The zero-order chi connectivity index (χ0) is 15.3. The van der Waals surface area contributed by atoms with Gasteiger partial charge in [-0.05, 0) is 35.2 Å². The van der Waals surface area contributed by atoms with Gasteiger partial charge in [-0.2, -0.15) is 0 Å². The van der Waals surface area contributed by atoms with Gasteiger partial charge in [0.1, 0.15) is 19.0 Å². The van der Waals surface area contributed by atoms with E-state index in [0.717, 1.165) is 5.75 Å². The highest BCUT2D eigenvalue weighted by Crippen LogP contribution is 2.24. The largest absolute Gasteiger partial charge is 0.490 e. The van der Waals surface area contributed by atoms with Crippen molar-refractivity contribution in [3.8, 4) is 11.5 Å². The van der Waals surface area contributed by atoms with Gasteiger partial charge in [0.25, 0.3) is 5.56 Å². The second-order valence-corrected chi connectivity index (χ2v) is 5.83. The normalized spacial score (nSPS) is 11.2. The lowest BCUT2D eigenvalue weighted by Gasteiger charge is -2.19. The van der Waals surface area contributed by atoms with Gasteiger partial charge in [-0.1, -0.05) is 32.9 Å². The fraction of sp³-hybridized carbons (Fsp3) is 0.353. The van der Waals surface area contributed by atoms with Gasteiger partial charge in [0.15, 0.2) is 5.75 Å². The number of aromatic nitrogens is 1.